The van der Waals surface area contributed by atoms with Crippen molar-refractivity contribution in [3.63, 3.8) is 0 Å². The van der Waals surface area contributed by atoms with Crippen LogP contribution in [0.4, 0.5) is 0 Å². The summed E-state index contributed by atoms with van der Waals surface area (Å²) in [7, 11) is 1.49. The molecule has 0 radical (unpaired) electrons. The molecule has 0 fully saturated rings. The number of nitrogens with zero attached hydrogens (tertiary/aromatic N) is 1. The second kappa shape index (κ2) is 18.8. The lowest BCUT2D eigenvalue weighted by atomic mass is 10.1. The summed E-state index contributed by atoms with van der Waals surface area (Å²) in [5.74, 6) is -3.87. The largest absolute Gasteiger partial charge is 0.480 e. The van der Waals surface area contributed by atoms with E-state index < -0.39 is 67.4 Å². The number of hydrogen-bond donors (Lipinski definition) is 10. The molecule has 0 rings (SSSR count). The van der Waals surface area contributed by atoms with Gasteiger partial charge in [0, 0.05) is 13.6 Å². The molecule has 4 amide bonds. The molecule has 0 saturated heterocycles. The van der Waals surface area contributed by atoms with Gasteiger partial charge in [-0.2, -0.15) is 0 Å². The predicted molar refractivity (Wildman–Crippen MR) is 130 cm³/mol. The van der Waals surface area contributed by atoms with Gasteiger partial charge in [0.15, 0.2) is 5.96 Å². The lowest BCUT2D eigenvalue weighted by Gasteiger charge is -2.20. The molecule has 3 atom stereocenters. The number of unbranched alkanes of at least 4 members (excludes halogenated alkanes) is 1. The van der Waals surface area contributed by atoms with Crippen LogP contribution in [0.5, 0.6) is 0 Å². The number of aliphatic carboxylic acids is 1. The average molecular weight is 518 g/mol. The number of guanidine groups is 1. The molecule has 0 bridgehead atoms. The number of amides is 4. The zero-order valence-corrected chi connectivity index (χ0v) is 20.4. The van der Waals surface area contributed by atoms with Gasteiger partial charge in [0.05, 0.1) is 19.7 Å². The molecule has 0 spiro atoms. The highest BCUT2D eigenvalue weighted by atomic mass is 16.4. The zero-order chi connectivity index (χ0) is 27.5. The highest BCUT2D eigenvalue weighted by Crippen LogP contribution is 2.01. The van der Waals surface area contributed by atoms with Crippen molar-refractivity contribution >= 4 is 35.6 Å². The first-order valence-corrected chi connectivity index (χ1v) is 11.4. The number of carbonyl (C=O) groups is 5. The summed E-state index contributed by atoms with van der Waals surface area (Å²) >= 11 is 0. The van der Waals surface area contributed by atoms with Crippen LogP contribution in [0.2, 0.25) is 0 Å². The standard InChI is InChI=1S/C20H39N9O7/c1-24-20(23)25-8-4-6-13(28-15(31)9-26-17(33)12(22)11-30)18(34)27-10-16(32)29-14(19(35)36)5-2-3-7-21/h12-14,30H,2-11,21-22H2,1H3,(H,26,33)(H,27,34)(H,28,31)(H,29,32)(H,35,36)(H3,23,24,25)/t12-,13-,14-/m0/s1. The van der Waals surface area contributed by atoms with Crippen LogP contribution in [0.1, 0.15) is 32.1 Å². The van der Waals surface area contributed by atoms with Gasteiger partial charge in [-0.05, 0) is 38.6 Å². The topological polar surface area (TPSA) is 276 Å². The van der Waals surface area contributed by atoms with E-state index in [9.17, 15) is 29.1 Å². The Bertz CT molecular complexity index is 764. The van der Waals surface area contributed by atoms with Crippen LogP contribution >= 0.6 is 0 Å². The minimum atomic E-state index is -1.21. The van der Waals surface area contributed by atoms with Gasteiger partial charge in [-0.25, -0.2) is 4.79 Å². The van der Waals surface area contributed by atoms with Crippen LogP contribution in [-0.2, 0) is 24.0 Å². The molecule has 0 aliphatic rings. The van der Waals surface area contributed by atoms with Crippen molar-refractivity contribution < 1.29 is 34.2 Å². The summed E-state index contributed by atoms with van der Waals surface area (Å²) in [6, 6.07) is -3.39. The van der Waals surface area contributed by atoms with Gasteiger partial charge in [-0.1, -0.05) is 0 Å². The highest BCUT2D eigenvalue weighted by Gasteiger charge is 2.23. The molecule has 0 heterocycles. The van der Waals surface area contributed by atoms with Crippen LogP contribution in [0.3, 0.4) is 0 Å². The summed E-state index contributed by atoms with van der Waals surface area (Å²) in [6.07, 6.45) is 1.83. The first kappa shape index (κ1) is 32.5. The Morgan fingerprint density at radius 1 is 0.861 bits per heavy atom. The Labute approximate surface area is 209 Å². The second-order valence-electron chi connectivity index (χ2n) is 7.77. The smallest absolute Gasteiger partial charge is 0.326 e. The number of rotatable bonds is 18. The van der Waals surface area contributed by atoms with Gasteiger partial charge < -0.3 is 54.0 Å². The normalized spacial score (nSPS) is 13.6. The van der Waals surface area contributed by atoms with Gasteiger partial charge in [-0.15, -0.1) is 0 Å². The number of aliphatic hydroxyl groups excluding tert-OH is 1. The second-order valence-corrected chi connectivity index (χ2v) is 7.77. The van der Waals surface area contributed by atoms with Crippen molar-refractivity contribution in [2.24, 2.45) is 22.2 Å². The molecule has 0 unspecified atom stereocenters. The Kier molecular flexibility index (Phi) is 17.0. The molecule has 16 heteroatoms. The maximum Gasteiger partial charge on any atom is 0.326 e. The molecule has 206 valence electrons. The Morgan fingerprint density at radius 3 is 1.94 bits per heavy atom. The molecular formula is C20H39N9O7. The summed E-state index contributed by atoms with van der Waals surface area (Å²) in [6.45, 7) is -0.869. The quantitative estimate of drug-likeness (QED) is 0.0467. The van der Waals surface area contributed by atoms with E-state index in [2.05, 4.69) is 31.6 Å². The highest BCUT2D eigenvalue weighted by molar-refractivity contribution is 5.93. The van der Waals surface area contributed by atoms with E-state index in [1.807, 2.05) is 0 Å². The monoisotopic (exact) mass is 517 g/mol. The maximum atomic E-state index is 12.6. The van der Waals surface area contributed by atoms with Crippen molar-refractivity contribution in [2.75, 3.05) is 39.8 Å². The van der Waals surface area contributed by atoms with Gasteiger partial charge in [-0.3, -0.25) is 24.2 Å². The third-order valence-corrected chi connectivity index (χ3v) is 4.83. The van der Waals surface area contributed by atoms with Crippen molar-refractivity contribution in [3.8, 4) is 0 Å². The minimum Gasteiger partial charge on any atom is -0.480 e. The van der Waals surface area contributed by atoms with E-state index >= 15 is 0 Å². The van der Waals surface area contributed by atoms with Crippen LogP contribution in [0, 0.1) is 0 Å². The predicted octanol–water partition coefficient (Wildman–Crippen LogP) is -4.96. The number of nitrogens with one attached hydrogen (secondary N) is 5. The summed E-state index contributed by atoms with van der Waals surface area (Å²) < 4.78 is 0. The molecule has 0 aliphatic heterocycles. The van der Waals surface area contributed by atoms with E-state index in [1.54, 1.807) is 0 Å². The van der Waals surface area contributed by atoms with E-state index in [0.29, 0.717) is 32.4 Å². The summed E-state index contributed by atoms with van der Waals surface area (Å²) in [4.78, 5) is 63.7. The molecule has 0 aliphatic carbocycles. The summed E-state index contributed by atoms with van der Waals surface area (Å²) in [5.41, 5.74) is 16.3. The fourth-order valence-electron chi connectivity index (χ4n) is 2.78. The molecule has 13 N–H and O–H groups in total. The third-order valence-electron chi connectivity index (χ3n) is 4.83. The van der Waals surface area contributed by atoms with Gasteiger partial charge in [0.1, 0.15) is 18.1 Å². The molecular weight excluding hydrogens is 478 g/mol. The van der Waals surface area contributed by atoms with Crippen molar-refractivity contribution in [1.29, 1.82) is 0 Å². The third kappa shape index (κ3) is 14.7. The van der Waals surface area contributed by atoms with Crippen molar-refractivity contribution in [3.05, 3.63) is 0 Å². The fraction of sp³-hybridized carbons (Fsp3) is 0.700. The molecule has 0 saturated carbocycles. The first-order valence-electron chi connectivity index (χ1n) is 11.4. The fourth-order valence-corrected chi connectivity index (χ4v) is 2.78. The molecule has 0 aromatic heterocycles. The van der Waals surface area contributed by atoms with Crippen LogP contribution in [-0.4, -0.2) is 104 Å². The molecule has 0 aromatic carbocycles. The number of carboxylic acids is 1. The lowest BCUT2D eigenvalue weighted by molar-refractivity contribution is -0.142. The molecule has 16 nitrogen and oxygen atoms in total. The first-order chi connectivity index (χ1) is 17.0. The Morgan fingerprint density at radius 2 is 1.42 bits per heavy atom. The van der Waals surface area contributed by atoms with Crippen LogP contribution < -0.4 is 43.8 Å². The average Bonchev–Trinajstić information content (AvgIpc) is 2.85. The summed E-state index contributed by atoms with van der Waals surface area (Å²) in [5, 5.41) is 30.3. The van der Waals surface area contributed by atoms with E-state index in [4.69, 9.17) is 22.3 Å². The molecule has 36 heavy (non-hydrogen) atoms. The Hall–Kier alpha value is -3.50. The van der Waals surface area contributed by atoms with Crippen LogP contribution in [0.25, 0.3) is 0 Å². The number of aliphatic hydroxyl groups is 1. The van der Waals surface area contributed by atoms with Crippen molar-refractivity contribution in [1.82, 2.24) is 26.6 Å². The van der Waals surface area contributed by atoms with E-state index in [-0.39, 0.29) is 18.8 Å². The van der Waals surface area contributed by atoms with Gasteiger partial charge >= 0.3 is 5.97 Å². The number of aliphatic imine (C=N–C) groups is 1. The number of carboxylic acid groups (broad SMARTS) is 1. The maximum absolute atomic E-state index is 12.6. The minimum absolute atomic E-state index is 0.143. The van der Waals surface area contributed by atoms with Gasteiger partial charge in [0.2, 0.25) is 23.6 Å². The van der Waals surface area contributed by atoms with Crippen LogP contribution in [0.15, 0.2) is 4.99 Å². The SMILES string of the molecule is CN=C(N)NCCC[C@H](NC(=O)CNC(=O)[C@@H](N)CO)C(=O)NCC(=O)N[C@@H](CCCCN)C(=O)O. The van der Waals surface area contributed by atoms with Gasteiger partial charge in [0.25, 0.3) is 0 Å². The lowest BCUT2D eigenvalue weighted by Crippen LogP contribution is -2.53. The zero-order valence-electron chi connectivity index (χ0n) is 20.4. The van der Waals surface area contributed by atoms with E-state index in [1.165, 1.54) is 7.05 Å². The number of carbonyl (C=O) groups excluding carboxylic acids is 4. The number of nitrogens with two attached hydrogens (primary N) is 3. The number of hydrogen-bond acceptors (Lipinski definition) is 9. The van der Waals surface area contributed by atoms with Crippen molar-refractivity contribution in [2.45, 2.75) is 50.2 Å². The molecule has 0 aromatic rings. The Balaban J connectivity index is 4.94. The van der Waals surface area contributed by atoms with E-state index in [0.717, 1.165) is 0 Å².